The summed E-state index contributed by atoms with van der Waals surface area (Å²) < 4.78 is 5.15. The van der Waals surface area contributed by atoms with Crippen molar-refractivity contribution < 1.29 is 19.3 Å². The van der Waals surface area contributed by atoms with Crippen LogP contribution in [0.3, 0.4) is 0 Å². The molecule has 0 bridgehead atoms. The minimum Gasteiger partial charge on any atom is -0.426 e. The number of nitrogens with one attached hydrogen (secondary N) is 1. The van der Waals surface area contributed by atoms with Gasteiger partial charge >= 0.3 is 5.97 Å². The van der Waals surface area contributed by atoms with E-state index >= 15 is 0 Å². The molecule has 1 aliphatic rings. The first-order valence-corrected chi connectivity index (χ1v) is 7.93. The second-order valence-electron chi connectivity index (χ2n) is 5.62. The number of para-hydroxylation sites is 1. The van der Waals surface area contributed by atoms with Gasteiger partial charge in [0.2, 0.25) is 0 Å². The highest BCUT2D eigenvalue weighted by atomic mass is 16.5. The number of hydrogen-bond acceptors (Lipinski definition) is 4. The molecule has 6 heteroatoms. The Balaban J connectivity index is 1.69. The highest BCUT2D eigenvalue weighted by Gasteiger charge is 2.28. The Kier molecular flexibility index (Phi) is 4.74. The maximum atomic E-state index is 12.8. The average Bonchev–Trinajstić information content (AvgIpc) is 2.62. The van der Waals surface area contributed by atoms with Crippen molar-refractivity contribution in [2.75, 3.05) is 31.1 Å². The number of rotatable bonds is 3. The van der Waals surface area contributed by atoms with E-state index < -0.39 is 5.97 Å². The van der Waals surface area contributed by atoms with Gasteiger partial charge in [0, 0.05) is 13.0 Å². The molecule has 24 heavy (non-hydrogen) atoms. The van der Waals surface area contributed by atoms with Crippen LogP contribution >= 0.6 is 0 Å². The van der Waals surface area contributed by atoms with Gasteiger partial charge in [-0.3, -0.25) is 14.5 Å². The molecule has 124 valence electrons. The van der Waals surface area contributed by atoms with Crippen molar-refractivity contribution in [3.63, 3.8) is 0 Å². The smallest absolute Gasteiger partial charge is 0.308 e. The fourth-order valence-electron chi connectivity index (χ4n) is 2.79. The maximum absolute atomic E-state index is 12.8. The zero-order valence-corrected chi connectivity index (χ0v) is 13.6. The molecule has 0 saturated carbocycles. The standard InChI is InChI=1S/C18H19N3O3/c1-14(22)24-16-7-3-2-6-15(16)18(23)21-12-10-20(11-13-21)17-8-4-5-9-19-17/h2-9H,10-13H2,1H3/p+1. The molecular formula is C18H20N3O3+. The molecule has 3 rings (SSSR count). The van der Waals surface area contributed by atoms with Gasteiger partial charge in [0.15, 0.2) is 0 Å². The highest BCUT2D eigenvalue weighted by molar-refractivity contribution is 5.97. The summed E-state index contributed by atoms with van der Waals surface area (Å²) in [5.41, 5.74) is 0.424. The molecule has 0 spiro atoms. The first kappa shape index (κ1) is 16.0. The van der Waals surface area contributed by atoms with Gasteiger partial charge in [-0.15, -0.1) is 0 Å². The average molecular weight is 326 g/mol. The summed E-state index contributed by atoms with van der Waals surface area (Å²) in [6.07, 6.45) is 1.89. The van der Waals surface area contributed by atoms with E-state index in [1.165, 1.54) is 6.92 Å². The van der Waals surface area contributed by atoms with Crippen molar-refractivity contribution in [2.24, 2.45) is 0 Å². The topological polar surface area (TPSA) is 64.0 Å². The summed E-state index contributed by atoms with van der Waals surface area (Å²) >= 11 is 0. The van der Waals surface area contributed by atoms with Gasteiger partial charge in [-0.05, 0) is 18.2 Å². The second kappa shape index (κ2) is 7.12. The quantitative estimate of drug-likeness (QED) is 0.631. The summed E-state index contributed by atoms with van der Waals surface area (Å²) in [7, 11) is 0. The van der Waals surface area contributed by atoms with Crippen LogP contribution in [0.4, 0.5) is 5.82 Å². The fourth-order valence-corrected chi connectivity index (χ4v) is 2.79. The van der Waals surface area contributed by atoms with E-state index in [9.17, 15) is 9.59 Å². The number of ether oxygens (including phenoxy) is 1. The molecule has 1 N–H and O–H groups in total. The van der Waals surface area contributed by atoms with E-state index in [0.29, 0.717) is 24.4 Å². The van der Waals surface area contributed by atoms with Crippen molar-refractivity contribution in [1.82, 2.24) is 4.90 Å². The molecule has 1 aromatic carbocycles. The van der Waals surface area contributed by atoms with Crippen molar-refractivity contribution in [3.05, 3.63) is 54.2 Å². The SMILES string of the molecule is CC(=O)Oc1ccccc1C(=O)N1CCN(c2cccc[nH+]2)CC1. The molecule has 1 aliphatic heterocycles. The van der Waals surface area contributed by atoms with E-state index in [4.69, 9.17) is 4.74 Å². The molecule has 2 heterocycles. The van der Waals surface area contributed by atoms with Crippen LogP contribution in [0.2, 0.25) is 0 Å². The number of amides is 1. The predicted molar refractivity (Wildman–Crippen MR) is 88.9 cm³/mol. The predicted octanol–water partition coefficient (Wildman–Crippen LogP) is 1.39. The Morgan fingerprint density at radius 3 is 2.38 bits per heavy atom. The zero-order valence-electron chi connectivity index (χ0n) is 13.6. The van der Waals surface area contributed by atoms with Gasteiger partial charge in [-0.25, -0.2) is 4.98 Å². The van der Waals surface area contributed by atoms with Gasteiger partial charge in [0.1, 0.15) is 18.8 Å². The third-order valence-electron chi connectivity index (χ3n) is 3.97. The Labute approximate surface area is 140 Å². The molecule has 0 unspecified atom stereocenters. The van der Waals surface area contributed by atoms with Gasteiger partial charge in [0.25, 0.3) is 11.7 Å². The number of carbonyl (C=O) groups is 2. The highest BCUT2D eigenvalue weighted by Crippen LogP contribution is 2.21. The Hall–Kier alpha value is -2.89. The number of esters is 1. The first-order chi connectivity index (χ1) is 11.6. The molecule has 6 nitrogen and oxygen atoms in total. The van der Waals surface area contributed by atoms with Gasteiger partial charge in [-0.1, -0.05) is 18.2 Å². The van der Waals surface area contributed by atoms with Crippen molar-refractivity contribution in [3.8, 4) is 5.75 Å². The fraction of sp³-hybridized carbons (Fsp3) is 0.278. The summed E-state index contributed by atoms with van der Waals surface area (Å²) in [4.78, 5) is 31.2. The number of piperazine rings is 1. The summed E-state index contributed by atoms with van der Waals surface area (Å²) in [6.45, 7) is 4.08. The number of aromatic amines is 1. The number of carbonyl (C=O) groups excluding carboxylic acids is 2. The molecule has 0 aliphatic carbocycles. The lowest BCUT2D eigenvalue weighted by Gasteiger charge is -2.31. The lowest BCUT2D eigenvalue weighted by Crippen LogP contribution is -2.50. The maximum Gasteiger partial charge on any atom is 0.308 e. The molecule has 1 aromatic heterocycles. The van der Waals surface area contributed by atoms with Crippen molar-refractivity contribution >= 4 is 17.7 Å². The minimum atomic E-state index is -0.431. The number of benzene rings is 1. The van der Waals surface area contributed by atoms with E-state index in [1.54, 1.807) is 29.2 Å². The van der Waals surface area contributed by atoms with Crippen LogP contribution in [0, 0.1) is 0 Å². The third-order valence-corrected chi connectivity index (χ3v) is 3.97. The van der Waals surface area contributed by atoms with Crippen LogP contribution in [0.25, 0.3) is 0 Å². The molecule has 0 radical (unpaired) electrons. The van der Waals surface area contributed by atoms with Crippen molar-refractivity contribution in [1.29, 1.82) is 0 Å². The van der Waals surface area contributed by atoms with Crippen LogP contribution in [0.1, 0.15) is 17.3 Å². The van der Waals surface area contributed by atoms with Crippen LogP contribution in [-0.4, -0.2) is 43.0 Å². The lowest BCUT2D eigenvalue weighted by molar-refractivity contribution is -0.364. The van der Waals surface area contributed by atoms with E-state index in [0.717, 1.165) is 18.9 Å². The monoisotopic (exact) mass is 326 g/mol. The summed E-state index contributed by atoms with van der Waals surface area (Å²) in [6, 6.07) is 12.8. The van der Waals surface area contributed by atoms with Crippen molar-refractivity contribution in [2.45, 2.75) is 6.92 Å². The largest absolute Gasteiger partial charge is 0.426 e. The minimum absolute atomic E-state index is 0.108. The number of hydrogen-bond donors (Lipinski definition) is 0. The van der Waals surface area contributed by atoms with E-state index in [2.05, 4.69) is 9.88 Å². The third kappa shape index (κ3) is 3.53. The Bertz CT molecular complexity index is 725. The second-order valence-corrected chi connectivity index (χ2v) is 5.62. The molecule has 2 aromatic rings. The molecule has 1 saturated heterocycles. The Morgan fingerprint density at radius 2 is 1.71 bits per heavy atom. The molecule has 0 atom stereocenters. The van der Waals surface area contributed by atoms with Crippen LogP contribution in [-0.2, 0) is 4.79 Å². The Morgan fingerprint density at radius 1 is 1.00 bits per heavy atom. The van der Waals surface area contributed by atoms with Gasteiger partial charge < -0.3 is 9.64 Å². The summed E-state index contributed by atoms with van der Waals surface area (Å²) in [5.74, 6) is 0.821. The number of H-pyrrole nitrogens is 1. The normalized spacial score (nSPS) is 14.4. The number of nitrogens with zero attached hydrogens (tertiary/aromatic N) is 2. The van der Waals surface area contributed by atoms with E-state index in [1.807, 2.05) is 24.4 Å². The summed E-state index contributed by atoms with van der Waals surface area (Å²) in [5, 5.41) is 0. The van der Waals surface area contributed by atoms with Crippen LogP contribution in [0.5, 0.6) is 5.75 Å². The molecule has 1 amide bonds. The molecular weight excluding hydrogens is 306 g/mol. The first-order valence-electron chi connectivity index (χ1n) is 7.93. The zero-order chi connectivity index (χ0) is 16.9. The number of pyridine rings is 1. The number of anilines is 1. The number of aromatic nitrogens is 1. The van der Waals surface area contributed by atoms with Gasteiger partial charge in [-0.2, -0.15) is 0 Å². The lowest BCUT2D eigenvalue weighted by atomic mass is 10.1. The van der Waals surface area contributed by atoms with Crippen LogP contribution in [0.15, 0.2) is 48.7 Å². The van der Waals surface area contributed by atoms with Gasteiger partial charge in [0.05, 0.1) is 24.8 Å². The van der Waals surface area contributed by atoms with E-state index in [-0.39, 0.29) is 5.91 Å². The molecule has 1 fully saturated rings. The van der Waals surface area contributed by atoms with Crippen LogP contribution < -0.4 is 14.6 Å².